The smallest absolute Gasteiger partial charge is 0.431 e. The molecule has 0 amide bonds. The maximum Gasteiger partial charge on any atom is 0.431 e. The fraction of sp³-hybridized carbons (Fsp3) is 0.423. The molecule has 2 heterocycles. The Kier molecular flexibility index (Phi) is 5.79. The molecule has 34 heavy (non-hydrogen) atoms. The second-order valence-corrected chi connectivity index (χ2v) is 9.49. The van der Waals surface area contributed by atoms with Crippen LogP contribution in [0.25, 0.3) is 0 Å². The standard InChI is InChI=1S/C26H26ClF3N2O2/c1-4-34-24-17(6-5-7-21(24)33-3)23-18-10-15(18)11-22-31-13-14(2)25(26(28,29)30)32(22)20-9-8-16(27)12-19(20)23/h5-9,12,15,18,23H,4,10-11,13H2,1-3H3. The molecule has 0 radical (unpaired) electrons. The lowest BCUT2D eigenvalue weighted by molar-refractivity contribution is -0.0933. The maximum absolute atomic E-state index is 14.3. The summed E-state index contributed by atoms with van der Waals surface area (Å²) in [5, 5.41) is 0.479. The number of anilines is 1. The van der Waals surface area contributed by atoms with Gasteiger partial charge in [0.25, 0.3) is 0 Å². The number of fused-ring (bicyclic) bond motifs is 4. The molecule has 3 aliphatic rings. The summed E-state index contributed by atoms with van der Waals surface area (Å²) in [4.78, 5) is 5.90. The Bertz CT molecular complexity index is 1190. The van der Waals surface area contributed by atoms with E-state index in [0.29, 0.717) is 41.1 Å². The summed E-state index contributed by atoms with van der Waals surface area (Å²) in [5.41, 5.74) is 1.68. The molecule has 1 saturated carbocycles. The van der Waals surface area contributed by atoms with Gasteiger partial charge in [0.1, 0.15) is 11.5 Å². The van der Waals surface area contributed by atoms with Crippen LogP contribution >= 0.6 is 11.6 Å². The van der Waals surface area contributed by atoms with Gasteiger partial charge in [0, 0.05) is 22.9 Å². The Morgan fingerprint density at radius 3 is 2.68 bits per heavy atom. The van der Waals surface area contributed by atoms with Crippen molar-refractivity contribution >= 4 is 23.1 Å². The van der Waals surface area contributed by atoms with Gasteiger partial charge < -0.3 is 9.47 Å². The van der Waals surface area contributed by atoms with Crippen molar-refractivity contribution in [1.82, 2.24) is 0 Å². The Morgan fingerprint density at radius 1 is 1.18 bits per heavy atom. The molecule has 2 aliphatic heterocycles. The SMILES string of the molecule is CCOc1c(OC)cccc1C1c2cc(Cl)ccc2N2C(=NCC(C)=C2C(F)(F)F)CC2CC21. The molecule has 2 aromatic carbocycles. The first-order chi connectivity index (χ1) is 16.2. The third-order valence-electron chi connectivity index (χ3n) is 6.92. The van der Waals surface area contributed by atoms with Crippen molar-refractivity contribution in [3.63, 3.8) is 0 Å². The van der Waals surface area contributed by atoms with Crippen LogP contribution in [0.1, 0.15) is 43.7 Å². The number of halogens is 4. The Labute approximate surface area is 202 Å². The van der Waals surface area contributed by atoms with Crippen molar-refractivity contribution in [2.24, 2.45) is 16.8 Å². The first-order valence-corrected chi connectivity index (χ1v) is 11.8. The highest BCUT2D eigenvalue weighted by molar-refractivity contribution is 6.30. The number of methoxy groups -OCH3 is 1. The van der Waals surface area contributed by atoms with Gasteiger partial charge in [-0.2, -0.15) is 13.2 Å². The van der Waals surface area contributed by atoms with E-state index in [9.17, 15) is 13.2 Å². The number of benzene rings is 2. The van der Waals surface area contributed by atoms with Crippen molar-refractivity contribution in [1.29, 1.82) is 0 Å². The van der Waals surface area contributed by atoms with Crippen molar-refractivity contribution in [2.45, 2.75) is 38.8 Å². The molecule has 2 aromatic rings. The van der Waals surface area contributed by atoms with Crippen molar-refractivity contribution < 1.29 is 22.6 Å². The molecule has 8 heteroatoms. The zero-order valence-electron chi connectivity index (χ0n) is 19.2. The number of allylic oxidation sites excluding steroid dienone is 1. The van der Waals surface area contributed by atoms with Gasteiger partial charge in [-0.1, -0.05) is 23.7 Å². The first-order valence-electron chi connectivity index (χ1n) is 11.4. The fourth-order valence-corrected chi connectivity index (χ4v) is 5.63. The molecule has 0 N–H and O–H groups in total. The molecule has 5 rings (SSSR count). The summed E-state index contributed by atoms with van der Waals surface area (Å²) in [6, 6.07) is 10.9. The average molecular weight is 491 g/mol. The molecule has 1 aliphatic carbocycles. The van der Waals surface area contributed by atoms with E-state index >= 15 is 0 Å². The van der Waals surface area contributed by atoms with E-state index in [1.54, 1.807) is 25.3 Å². The second kappa shape index (κ2) is 8.52. The normalized spacial score (nSPS) is 23.8. The highest BCUT2D eigenvalue weighted by Crippen LogP contribution is 2.59. The molecular weight excluding hydrogens is 465 g/mol. The number of amidine groups is 1. The van der Waals surface area contributed by atoms with Crippen LogP contribution in [0.5, 0.6) is 11.5 Å². The molecule has 3 unspecified atom stereocenters. The van der Waals surface area contributed by atoms with Gasteiger partial charge in [0.15, 0.2) is 11.5 Å². The van der Waals surface area contributed by atoms with Crippen LogP contribution in [0, 0.1) is 11.8 Å². The van der Waals surface area contributed by atoms with E-state index in [2.05, 4.69) is 4.99 Å². The van der Waals surface area contributed by atoms with Gasteiger partial charge in [-0.05, 0) is 67.5 Å². The molecule has 0 saturated heterocycles. The molecule has 4 nitrogen and oxygen atoms in total. The monoisotopic (exact) mass is 490 g/mol. The van der Waals surface area contributed by atoms with Crippen LogP contribution in [0.2, 0.25) is 5.02 Å². The van der Waals surface area contributed by atoms with Gasteiger partial charge in [0.05, 0.1) is 25.9 Å². The third kappa shape index (κ3) is 3.84. The van der Waals surface area contributed by atoms with Gasteiger partial charge >= 0.3 is 6.18 Å². The Morgan fingerprint density at radius 2 is 1.97 bits per heavy atom. The third-order valence-corrected chi connectivity index (χ3v) is 7.16. The highest BCUT2D eigenvalue weighted by atomic mass is 35.5. The summed E-state index contributed by atoms with van der Waals surface area (Å²) in [6.07, 6.45) is -3.10. The lowest BCUT2D eigenvalue weighted by atomic mass is 9.82. The predicted octanol–water partition coefficient (Wildman–Crippen LogP) is 6.97. The number of ether oxygens (including phenoxy) is 2. The number of hydrogen-bond donors (Lipinski definition) is 0. The van der Waals surface area contributed by atoms with Crippen molar-refractivity contribution in [2.75, 3.05) is 25.2 Å². The van der Waals surface area contributed by atoms with Gasteiger partial charge in [-0.3, -0.25) is 9.89 Å². The van der Waals surface area contributed by atoms with E-state index in [1.165, 1.54) is 11.8 Å². The first kappa shape index (κ1) is 23.1. The van der Waals surface area contributed by atoms with Crippen molar-refractivity contribution in [3.8, 4) is 11.5 Å². The molecule has 0 spiro atoms. The summed E-state index contributed by atoms with van der Waals surface area (Å²) in [6.45, 7) is 3.91. The van der Waals surface area contributed by atoms with Crippen LogP contribution in [0.15, 0.2) is 52.7 Å². The molecule has 0 aromatic heterocycles. The molecule has 3 atom stereocenters. The molecule has 1 fully saturated rings. The number of aliphatic imine (C=N–C) groups is 1. The number of rotatable bonds is 4. The quantitative estimate of drug-likeness (QED) is 0.464. The minimum absolute atomic E-state index is 0.0643. The highest BCUT2D eigenvalue weighted by Gasteiger charge is 2.52. The van der Waals surface area contributed by atoms with E-state index < -0.39 is 11.9 Å². The van der Waals surface area contributed by atoms with Crippen LogP contribution in [-0.2, 0) is 0 Å². The molecule has 180 valence electrons. The van der Waals surface area contributed by atoms with Gasteiger partial charge in [-0.15, -0.1) is 0 Å². The van der Waals surface area contributed by atoms with Crippen LogP contribution < -0.4 is 14.4 Å². The number of hydrogen-bond acceptors (Lipinski definition) is 4. The second-order valence-electron chi connectivity index (χ2n) is 9.05. The maximum atomic E-state index is 14.3. The zero-order chi connectivity index (χ0) is 24.2. The lowest BCUT2D eigenvalue weighted by Crippen LogP contribution is -2.42. The number of alkyl halides is 3. The minimum atomic E-state index is -4.51. The predicted molar refractivity (Wildman–Crippen MR) is 127 cm³/mol. The largest absolute Gasteiger partial charge is 0.493 e. The van der Waals surface area contributed by atoms with Gasteiger partial charge in [0.2, 0.25) is 0 Å². The topological polar surface area (TPSA) is 34.1 Å². The van der Waals surface area contributed by atoms with E-state index in [-0.39, 0.29) is 29.9 Å². The van der Waals surface area contributed by atoms with Crippen LogP contribution in [0.3, 0.4) is 0 Å². The van der Waals surface area contributed by atoms with E-state index in [1.807, 2.05) is 25.1 Å². The Balaban J connectivity index is 1.76. The zero-order valence-corrected chi connectivity index (χ0v) is 20.0. The number of para-hydroxylation sites is 1. The Hall–Kier alpha value is -2.67. The summed E-state index contributed by atoms with van der Waals surface area (Å²) >= 11 is 6.44. The van der Waals surface area contributed by atoms with Crippen molar-refractivity contribution in [3.05, 3.63) is 63.8 Å². The lowest BCUT2D eigenvalue weighted by Gasteiger charge is -2.38. The van der Waals surface area contributed by atoms with Crippen LogP contribution in [-0.4, -0.2) is 32.3 Å². The van der Waals surface area contributed by atoms with Gasteiger partial charge in [-0.25, -0.2) is 0 Å². The average Bonchev–Trinajstić information content (AvgIpc) is 3.52. The summed E-state index contributed by atoms with van der Waals surface area (Å²) < 4.78 is 54.6. The molecular formula is C26H26ClF3N2O2. The van der Waals surface area contributed by atoms with E-state index in [0.717, 1.165) is 17.5 Å². The summed E-state index contributed by atoms with van der Waals surface area (Å²) in [5.74, 6) is 2.00. The van der Waals surface area contributed by atoms with Crippen LogP contribution in [0.4, 0.5) is 18.9 Å². The summed E-state index contributed by atoms with van der Waals surface area (Å²) in [7, 11) is 1.59. The fourth-order valence-electron chi connectivity index (χ4n) is 5.45. The van der Waals surface area contributed by atoms with E-state index in [4.69, 9.17) is 21.1 Å². The minimum Gasteiger partial charge on any atom is -0.493 e. The molecule has 0 bridgehead atoms. The number of nitrogens with zero attached hydrogens (tertiary/aromatic N) is 2.